The number of para-hydroxylation sites is 1. The van der Waals surface area contributed by atoms with Gasteiger partial charge in [0, 0.05) is 36.2 Å². The van der Waals surface area contributed by atoms with Crippen molar-refractivity contribution in [3.63, 3.8) is 0 Å². The largest absolute Gasteiger partial charge is 0.491 e. The highest BCUT2D eigenvalue weighted by Crippen LogP contribution is 2.66. The molecule has 330 valence electrons. The Labute approximate surface area is 374 Å². The molecule has 3 aliphatic rings. The summed E-state index contributed by atoms with van der Waals surface area (Å²) in [6, 6.07) is 31.8. The van der Waals surface area contributed by atoms with Crippen molar-refractivity contribution in [2.45, 2.75) is 42.7 Å². The van der Waals surface area contributed by atoms with E-state index in [0.29, 0.717) is 27.8 Å². The Kier molecular flexibility index (Phi) is 12.9. The van der Waals surface area contributed by atoms with Crippen molar-refractivity contribution < 1.29 is 48.5 Å². The minimum absolute atomic E-state index is 0.0441. The van der Waals surface area contributed by atoms with Gasteiger partial charge in [-0.1, -0.05) is 96.8 Å². The number of benzene rings is 5. The summed E-state index contributed by atoms with van der Waals surface area (Å²) < 4.78 is 18.5. The van der Waals surface area contributed by atoms with Gasteiger partial charge in [0.1, 0.15) is 36.5 Å². The Morgan fingerprint density at radius 3 is 2.26 bits per heavy atom. The third-order valence-electron chi connectivity index (χ3n) is 11.9. The molecule has 3 aliphatic heterocycles. The number of nitrogens with zero attached hydrogens (tertiary/aromatic N) is 3. The van der Waals surface area contributed by atoms with Crippen LogP contribution in [0.3, 0.4) is 0 Å². The van der Waals surface area contributed by atoms with Gasteiger partial charge in [-0.05, 0) is 58.7 Å². The van der Waals surface area contributed by atoms with Crippen LogP contribution in [0.2, 0.25) is 0 Å². The molecule has 3 amide bonds. The highest BCUT2D eigenvalue weighted by Gasteiger charge is 2.76. The Balaban J connectivity index is 1.42. The minimum atomic E-state index is -2.15. The van der Waals surface area contributed by atoms with Gasteiger partial charge in [-0.3, -0.25) is 29.4 Å². The fourth-order valence-corrected chi connectivity index (χ4v) is 9.36. The maximum Gasteiger partial charge on any atom is 0.421 e. The highest BCUT2D eigenvalue weighted by atomic mass is 16.6. The van der Waals surface area contributed by atoms with E-state index < -0.39 is 64.4 Å². The molecule has 0 radical (unpaired) electrons. The number of nitro benzene ring substituents is 1. The molecule has 3 N–H and O–H groups in total. The lowest BCUT2D eigenvalue weighted by atomic mass is 9.65. The molecule has 0 aliphatic carbocycles. The van der Waals surface area contributed by atoms with Crippen molar-refractivity contribution in [2.75, 3.05) is 31.3 Å². The average molecular weight is 877 g/mol. The third kappa shape index (κ3) is 7.99. The van der Waals surface area contributed by atoms with Crippen LogP contribution in [0, 0.1) is 27.9 Å². The van der Waals surface area contributed by atoms with Crippen molar-refractivity contribution in [1.82, 2.24) is 10.2 Å². The molecule has 0 aromatic heterocycles. The summed E-state index contributed by atoms with van der Waals surface area (Å²) in [5.41, 5.74) is 0.388. The smallest absolute Gasteiger partial charge is 0.421 e. The molecule has 65 heavy (non-hydrogen) atoms. The number of anilines is 1. The number of aliphatic hydroxyl groups is 2. The van der Waals surface area contributed by atoms with Crippen molar-refractivity contribution in [3.05, 3.63) is 184 Å². The molecule has 15 nitrogen and oxygen atoms in total. The molecule has 15 heteroatoms. The molecule has 6 atom stereocenters. The van der Waals surface area contributed by atoms with E-state index in [-0.39, 0.29) is 62.1 Å². The van der Waals surface area contributed by atoms with E-state index in [0.717, 1.165) is 4.90 Å². The van der Waals surface area contributed by atoms with Gasteiger partial charge in [0.25, 0.3) is 5.69 Å². The summed E-state index contributed by atoms with van der Waals surface area (Å²) in [6.07, 6.45) is -0.495. The maximum absolute atomic E-state index is 16.3. The number of ether oxygens (including phenoxy) is 3. The number of rotatable bonds is 13. The van der Waals surface area contributed by atoms with Crippen molar-refractivity contribution >= 4 is 35.3 Å². The number of imide groups is 1. The van der Waals surface area contributed by atoms with Crippen molar-refractivity contribution in [3.8, 4) is 17.6 Å². The molecule has 5 aromatic rings. The normalized spacial score (nSPS) is 21.9. The zero-order valence-electron chi connectivity index (χ0n) is 34.9. The van der Waals surface area contributed by atoms with Crippen LogP contribution in [0.25, 0.3) is 0 Å². The number of aliphatic hydroxyl groups excluding tert-OH is 2. The lowest BCUT2D eigenvalue weighted by molar-refractivity contribution is -0.384. The number of amides is 3. The maximum atomic E-state index is 16.3. The molecular formula is C50H44N4O11. The number of nitro groups is 1. The molecule has 3 heterocycles. The van der Waals surface area contributed by atoms with Gasteiger partial charge in [0.05, 0.1) is 41.8 Å². The predicted octanol–water partition coefficient (Wildman–Crippen LogP) is 6.00. The molecule has 1 spiro atoms. The standard InChI is InChI=1S/C50H44N4O11/c1-2-26-51-46(57)41-43-47(58)65-44(35-16-7-4-8-17-35)42(34-14-5-3-6-15-34)53(43)45(37-18-9-10-19-40(37)63-29-28-56)50(41)38-30-32(13-11-12-27-55)22-25-39(38)52(48(50)59)49(60)64-31-33-20-23-36(24-21-33)54(61)62/h2-10,14-25,30,41-45,55-56H,1,12,26-29,31H2,(H,51,57)/t41-,42-,43-,44+,45+,50-/m1/s1. The molecular weight excluding hydrogens is 833 g/mol. The van der Waals surface area contributed by atoms with E-state index in [9.17, 15) is 25.1 Å². The molecule has 0 unspecified atom stereocenters. The molecule has 2 saturated heterocycles. The minimum Gasteiger partial charge on any atom is -0.491 e. The molecule has 2 fully saturated rings. The lowest BCUT2D eigenvalue weighted by Gasteiger charge is -2.46. The number of morpholine rings is 1. The second-order valence-electron chi connectivity index (χ2n) is 15.5. The van der Waals surface area contributed by atoms with Crippen molar-refractivity contribution in [2.24, 2.45) is 5.92 Å². The number of cyclic esters (lactones) is 1. The van der Waals surface area contributed by atoms with E-state index in [1.54, 1.807) is 36.4 Å². The van der Waals surface area contributed by atoms with Crippen LogP contribution >= 0.6 is 0 Å². The first-order valence-electron chi connectivity index (χ1n) is 20.9. The summed E-state index contributed by atoms with van der Waals surface area (Å²) in [6.45, 7) is 2.64. The Morgan fingerprint density at radius 1 is 0.892 bits per heavy atom. The van der Waals surface area contributed by atoms with Crippen LogP contribution in [-0.4, -0.2) is 76.3 Å². The first-order valence-corrected chi connectivity index (χ1v) is 20.9. The summed E-state index contributed by atoms with van der Waals surface area (Å²) in [7, 11) is 0. The molecule has 8 rings (SSSR count). The van der Waals surface area contributed by atoms with E-state index in [4.69, 9.17) is 14.2 Å². The van der Waals surface area contributed by atoms with Gasteiger partial charge in [-0.15, -0.1) is 6.58 Å². The SMILES string of the molecule is C=CCNC(=O)[C@H]1[C@@H]2C(=O)O[C@@H](c3ccccc3)[C@@H](c3ccccc3)N2[C@@H](c2ccccc2OCCO)[C@]12C(=O)N(C(=O)OCc1ccc([N+](=O)[O-])cc1)c1ccc(C#CCCO)cc12. The molecule has 5 aromatic carbocycles. The first kappa shape index (κ1) is 44.0. The summed E-state index contributed by atoms with van der Waals surface area (Å²) in [5, 5.41) is 33.8. The van der Waals surface area contributed by atoms with Crippen molar-refractivity contribution in [1.29, 1.82) is 0 Å². The lowest BCUT2D eigenvalue weighted by Crippen LogP contribution is -2.55. The summed E-state index contributed by atoms with van der Waals surface area (Å²) in [5.74, 6) is 2.17. The number of non-ortho nitro benzene ring substituents is 1. The Hall–Kier alpha value is -7.64. The average Bonchev–Trinajstić information content (AvgIpc) is 3.78. The van der Waals surface area contributed by atoms with Crippen LogP contribution in [0.15, 0.2) is 140 Å². The summed E-state index contributed by atoms with van der Waals surface area (Å²) in [4.78, 5) is 74.9. The van der Waals surface area contributed by atoms with Gasteiger partial charge >= 0.3 is 12.1 Å². The van der Waals surface area contributed by atoms with E-state index >= 15 is 14.4 Å². The molecule has 0 saturated carbocycles. The fraction of sp³-hybridized carbons (Fsp3) is 0.240. The third-order valence-corrected chi connectivity index (χ3v) is 11.9. The second kappa shape index (κ2) is 19.0. The van der Waals surface area contributed by atoms with Gasteiger partial charge in [0.15, 0.2) is 0 Å². The predicted molar refractivity (Wildman–Crippen MR) is 236 cm³/mol. The van der Waals surface area contributed by atoms with Gasteiger partial charge in [-0.25, -0.2) is 9.69 Å². The van der Waals surface area contributed by atoms with Crippen LogP contribution in [0.4, 0.5) is 16.2 Å². The monoisotopic (exact) mass is 876 g/mol. The quantitative estimate of drug-likeness (QED) is 0.0411. The number of carbonyl (C=O) groups excluding carboxylic acids is 4. The highest BCUT2D eigenvalue weighted by molar-refractivity contribution is 6.23. The second-order valence-corrected chi connectivity index (χ2v) is 15.5. The number of carbonyl (C=O) groups is 4. The van der Waals surface area contributed by atoms with Crippen LogP contribution in [0.5, 0.6) is 5.75 Å². The van der Waals surface area contributed by atoms with Crippen LogP contribution in [-0.2, 0) is 35.9 Å². The van der Waals surface area contributed by atoms with Crippen LogP contribution in [0.1, 0.15) is 58.0 Å². The number of hydrogen-bond acceptors (Lipinski definition) is 12. The van der Waals surface area contributed by atoms with Crippen LogP contribution < -0.4 is 15.0 Å². The number of nitrogens with one attached hydrogen (secondary N) is 1. The Bertz CT molecular complexity index is 2680. The summed E-state index contributed by atoms with van der Waals surface area (Å²) >= 11 is 0. The van der Waals surface area contributed by atoms with Gasteiger partial charge in [0.2, 0.25) is 11.8 Å². The number of fused-ring (bicyclic) bond motifs is 3. The van der Waals surface area contributed by atoms with E-state index in [1.807, 2.05) is 65.6 Å². The zero-order valence-corrected chi connectivity index (χ0v) is 34.9. The van der Waals surface area contributed by atoms with E-state index in [1.165, 1.54) is 36.4 Å². The van der Waals surface area contributed by atoms with Gasteiger partial charge < -0.3 is 29.7 Å². The number of esters is 1. The fourth-order valence-electron chi connectivity index (χ4n) is 9.36. The Morgan fingerprint density at radius 2 is 1.58 bits per heavy atom. The topological polar surface area (TPSA) is 198 Å². The zero-order chi connectivity index (χ0) is 45.7. The first-order chi connectivity index (χ1) is 31.6. The van der Waals surface area contributed by atoms with Gasteiger partial charge in [-0.2, -0.15) is 0 Å². The number of hydrogen-bond donors (Lipinski definition) is 3. The van der Waals surface area contributed by atoms with E-state index in [2.05, 4.69) is 23.7 Å². The molecule has 0 bridgehead atoms.